The van der Waals surface area contributed by atoms with Crippen LogP contribution in [0, 0.1) is 0 Å². The summed E-state index contributed by atoms with van der Waals surface area (Å²) in [4.78, 5) is 11.6. The quantitative estimate of drug-likeness (QED) is 0.422. The van der Waals surface area contributed by atoms with Crippen molar-refractivity contribution >= 4 is 38.8 Å². The number of aryl methyl sites for hydroxylation is 3. The SMILES string of the molecule is CCn1ccnc1.CCn1ccnc1.CCn1ccnc1.[Cl][Ru]([Cl])([Cl])[Cl]. The van der Waals surface area contributed by atoms with Crippen LogP contribution in [-0.2, 0) is 30.4 Å². The molecule has 0 N–H and O–H groups in total. The van der Waals surface area contributed by atoms with Crippen LogP contribution in [0.5, 0.6) is 0 Å². The molecular weight excluding hydrogens is 507 g/mol. The zero-order valence-corrected chi connectivity index (χ0v) is 19.6. The Kier molecular flexibility index (Phi) is 15.1. The molecule has 0 saturated heterocycles. The van der Waals surface area contributed by atoms with Gasteiger partial charge in [-0.15, -0.1) is 0 Å². The van der Waals surface area contributed by atoms with Crippen LogP contribution in [0.2, 0.25) is 0 Å². The Labute approximate surface area is 174 Å². The average molecular weight is 531 g/mol. The molecule has 0 aliphatic carbocycles. The van der Waals surface area contributed by atoms with Crippen LogP contribution in [0.4, 0.5) is 0 Å². The number of imidazole rings is 3. The minimum atomic E-state index is -2.97. The van der Waals surface area contributed by atoms with Crippen molar-refractivity contribution in [3.8, 4) is 0 Å². The van der Waals surface area contributed by atoms with Crippen molar-refractivity contribution in [1.82, 2.24) is 28.7 Å². The fourth-order valence-electron chi connectivity index (χ4n) is 1.42. The predicted octanol–water partition coefficient (Wildman–Crippen LogP) is 5.46. The molecule has 3 rings (SSSR count). The number of hydrogen-bond acceptors (Lipinski definition) is 3. The first-order valence-corrected chi connectivity index (χ1v) is 16.7. The summed E-state index contributed by atoms with van der Waals surface area (Å²) in [6.45, 7) is 9.30. The Balaban J connectivity index is 0.000000324. The van der Waals surface area contributed by atoms with Crippen molar-refractivity contribution < 1.29 is 10.8 Å². The normalized spacial score (nSPS) is 10.4. The number of halogens is 4. The minimum absolute atomic E-state index is 1.01. The van der Waals surface area contributed by atoms with Gasteiger partial charge in [0.1, 0.15) is 0 Å². The van der Waals surface area contributed by atoms with Crippen LogP contribution in [0.3, 0.4) is 0 Å². The molecule has 3 aromatic rings. The Morgan fingerprint density at radius 2 is 0.846 bits per heavy atom. The average Bonchev–Trinajstić information content (AvgIpc) is 3.37. The van der Waals surface area contributed by atoms with Gasteiger partial charge in [0.15, 0.2) is 0 Å². The van der Waals surface area contributed by atoms with Crippen molar-refractivity contribution in [3.05, 3.63) is 56.2 Å². The van der Waals surface area contributed by atoms with Gasteiger partial charge in [0, 0.05) is 56.8 Å². The molecule has 0 amide bonds. The van der Waals surface area contributed by atoms with E-state index in [0.717, 1.165) is 19.6 Å². The summed E-state index contributed by atoms with van der Waals surface area (Å²) in [5.41, 5.74) is 0. The Morgan fingerprint density at radius 3 is 0.923 bits per heavy atom. The molecule has 150 valence electrons. The Morgan fingerprint density at radius 1 is 0.615 bits per heavy atom. The van der Waals surface area contributed by atoms with Crippen molar-refractivity contribution in [2.45, 2.75) is 40.4 Å². The third kappa shape index (κ3) is 16.9. The third-order valence-corrected chi connectivity index (χ3v) is 2.77. The molecule has 0 radical (unpaired) electrons. The van der Waals surface area contributed by atoms with E-state index in [1.54, 1.807) is 37.6 Å². The molecule has 0 fully saturated rings. The molecule has 6 nitrogen and oxygen atoms in total. The van der Waals surface area contributed by atoms with E-state index in [1.165, 1.54) is 0 Å². The van der Waals surface area contributed by atoms with E-state index in [9.17, 15) is 0 Å². The van der Waals surface area contributed by atoms with Gasteiger partial charge in [-0.05, 0) is 20.8 Å². The van der Waals surface area contributed by atoms with Gasteiger partial charge in [0.05, 0.1) is 19.0 Å². The van der Waals surface area contributed by atoms with Gasteiger partial charge in [0.25, 0.3) is 0 Å². The summed E-state index contributed by atoms with van der Waals surface area (Å²) in [5.74, 6) is 0. The van der Waals surface area contributed by atoms with Gasteiger partial charge in [-0.3, -0.25) is 0 Å². The van der Waals surface area contributed by atoms with E-state index in [2.05, 4.69) is 35.7 Å². The van der Waals surface area contributed by atoms with E-state index in [4.69, 9.17) is 38.8 Å². The summed E-state index contributed by atoms with van der Waals surface area (Å²) >= 11 is 0. The Bertz CT molecular complexity index is 536. The summed E-state index contributed by atoms with van der Waals surface area (Å²) in [7, 11) is 17.0. The number of nitrogens with zero attached hydrogens (tertiary/aromatic N) is 6. The van der Waals surface area contributed by atoms with Crippen LogP contribution in [0.15, 0.2) is 56.2 Å². The number of aromatic nitrogens is 6. The number of hydrogen-bond donors (Lipinski definition) is 0. The summed E-state index contributed by atoms with van der Waals surface area (Å²) in [6.07, 6.45) is 16.6. The van der Waals surface area contributed by atoms with Crippen LogP contribution >= 0.6 is 38.8 Å². The van der Waals surface area contributed by atoms with Crippen LogP contribution in [0.1, 0.15) is 20.8 Å². The van der Waals surface area contributed by atoms with Crippen molar-refractivity contribution in [1.29, 1.82) is 0 Å². The second-order valence-corrected chi connectivity index (χ2v) is 20.3. The molecule has 11 heteroatoms. The summed E-state index contributed by atoms with van der Waals surface area (Å²) in [6, 6.07) is 0. The van der Waals surface area contributed by atoms with Gasteiger partial charge in [-0.25, -0.2) is 15.0 Å². The van der Waals surface area contributed by atoms with E-state index in [-0.39, 0.29) is 0 Å². The first-order chi connectivity index (χ1) is 12.3. The van der Waals surface area contributed by atoms with Crippen LogP contribution in [0.25, 0.3) is 0 Å². The Hall–Kier alpha value is -0.587. The monoisotopic (exact) mass is 530 g/mol. The van der Waals surface area contributed by atoms with Gasteiger partial charge in [0.2, 0.25) is 0 Å². The standard InChI is InChI=1S/3C5H8N2.4ClH.Ru/c3*1-2-7-4-3-6-5-7;;;;;/h3*3-5H,2H2,1H3;4*1H;/q;;;;;;;+4/p-4. The molecule has 0 bridgehead atoms. The molecule has 0 atom stereocenters. The summed E-state index contributed by atoms with van der Waals surface area (Å²) < 4.78 is 6.04. The maximum atomic E-state index is 5.00. The van der Waals surface area contributed by atoms with Gasteiger partial charge >= 0.3 is 49.6 Å². The van der Waals surface area contributed by atoms with Crippen molar-refractivity contribution in [3.63, 3.8) is 0 Å². The van der Waals surface area contributed by atoms with Crippen LogP contribution in [-0.4, -0.2) is 28.7 Å². The second kappa shape index (κ2) is 15.5. The van der Waals surface area contributed by atoms with Crippen molar-refractivity contribution in [2.24, 2.45) is 0 Å². The fourth-order valence-corrected chi connectivity index (χ4v) is 1.42. The van der Waals surface area contributed by atoms with Crippen molar-refractivity contribution in [2.75, 3.05) is 0 Å². The topological polar surface area (TPSA) is 53.5 Å². The van der Waals surface area contributed by atoms with Gasteiger partial charge in [-0.1, -0.05) is 0 Å². The molecule has 0 saturated carbocycles. The first kappa shape index (κ1) is 25.4. The molecular formula is C15H24Cl4N6Ru. The molecule has 0 unspecified atom stereocenters. The molecule has 0 aliphatic heterocycles. The molecule has 0 spiro atoms. The zero-order valence-electron chi connectivity index (χ0n) is 14.9. The first-order valence-electron chi connectivity index (χ1n) is 7.70. The zero-order chi connectivity index (χ0) is 19.8. The molecule has 26 heavy (non-hydrogen) atoms. The van der Waals surface area contributed by atoms with E-state index >= 15 is 0 Å². The van der Waals surface area contributed by atoms with Gasteiger partial charge < -0.3 is 13.7 Å². The number of rotatable bonds is 3. The third-order valence-electron chi connectivity index (χ3n) is 2.77. The van der Waals surface area contributed by atoms with E-state index < -0.39 is 10.8 Å². The summed E-state index contributed by atoms with van der Waals surface area (Å²) in [5, 5.41) is 0. The van der Waals surface area contributed by atoms with Gasteiger partial charge in [-0.2, -0.15) is 0 Å². The molecule has 0 aromatic carbocycles. The molecule has 3 heterocycles. The van der Waals surface area contributed by atoms with E-state index in [1.807, 2.05) is 32.3 Å². The fraction of sp³-hybridized carbons (Fsp3) is 0.400. The molecule has 0 aliphatic rings. The molecule has 3 aromatic heterocycles. The maximum absolute atomic E-state index is 5.00. The predicted molar refractivity (Wildman–Crippen MR) is 107 cm³/mol. The van der Waals surface area contributed by atoms with Crippen LogP contribution < -0.4 is 0 Å². The van der Waals surface area contributed by atoms with E-state index in [0.29, 0.717) is 0 Å². The second-order valence-electron chi connectivity index (χ2n) is 4.48.